The lowest BCUT2D eigenvalue weighted by molar-refractivity contribution is 0.732. The number of hydrogen-bond donors (Lipinski definition) is 1. The summed E-state index contributed by atoms with van der Waals surface area (Å²) in [7, 11) is 0. The van der Waals surface area contributed by atoms with Gasteiger partial charge in [-0.25, -0.2) is 0 Å². The molecule has 0 radical (unpaired) electrons. The topological polar surface area (TPSA) is 12.0 Å². The largest absolute Gasteiger partial charge is 0.312 e. The molecule has 0 aliphatic rings. The van der Waals surface area contributed by atoms with Gasteiger partial charge >= 0.3 is 0 Å². The van der Waals surface area contributed by atoms with E-state index in [1.54, 1.807) is 17.8 Å². The lowest BCUT2D eigenvalue weighted by Crippen LogP contribution is -2.16. The number of thioether (sulfide) groups is 1. The molecule has 0 spiro atoms. The minimum atomic E-state index is 0.926. The van der Waals surface area contributed by atoms with Crippen molar-refractivity contribution in [2.45, 2.75) is 13.5 Å². The van der Waals surface area contributed by atoms with Gasteiger partial charge in [0.15, 0.2) is 0 Å². The molecular formula is C16H21NS. The summed E-state index contributed by atoms with van der Waals surface area (Å²) >= 11 is 1.79. The maximum absolute atomic E-state index is 3.78. The standard InChI is InChI=1S/C16H21NS/c1-4-6-16(5-2)18-12-11-17-13-15-9-7-14(3)8-10-15/h4-10,17H,1-2,11-13H2,3H3/b16-6+. The fourth-order valence-corrected chi connectivity index (χ4v) is 2.26. The van der Waals surface area contributed by atoms with Crippen LogP contribution in [0.3, 0.4) is 0 Å². The molecule has 0 bridgehead atoms. The maximum atomic E-state index is 3.78. The van der Waals surface area contributed by atoms with Crippen LogP contribution in [-0.2, 0) is 6.54 Å². The monoisotopic (exact) mass is 259 g/mol. The van der Waals surface area contributed by atoms with E-state index in [1.165, 1.54) is 16.0 Å². The molecule has 0 aliphatic heterocycles. The first-order valence-electron chi connectivity index (χ1n) is 6.10. The van der Waals surface area contributed by atoms with Crippen molar-refractivity contribution in [3.8, 4) is 0 Å². The molecule has 0 heterocycles. The number of benzene rings is 1. The summed E-state index contributed by atoms with van der Waals surface area (Å²) in [6.45, 7) is 11.5. The molecule has 0 aromatic heterocycles. The SMILES string of the molecule is C=C/C=C(\C=C)SCCNCc1ccc(C)cc1. The van der Waals surface area contributed by atoms with Crippen LogP contribution in [0.4, 0.5) is 0 Å². The number of nitrogens with one attached hydrogen (secondary N) is 1. The van der Waals surface area contributed by atoms with Gasteiger partial charge in [0.1, 0.15) is 0 Å². The predicted octanol–water partition coefficient (Wildman–Crippen LogP) is 4.07. The first-order valence-corrected chi connectivity index (χ1v) is 7.09. The highest BCUT2D eigenvalue weighted by Crippen LogP contribution is 2.15. The molecule has 0 saturated heterocycles. The Labute approximate surface area is 115 Å². The number of aryl methyl sites for hydroxylation is 1. The summed E-state index contributed by atoms with van der Waals surface area (Å²) in [5, 5.41) is 3.43. The molecule has 2 heteroatoms. The van der Waals surface area contributed by atoms with Gasteiger partial charge in [0.2, 0.25) is 0 Å². The van der Waals surface area contributed by atoms with Crippen molar-refractivity contribution in [2.75, 3.05) is 12.3 Å². The number of allylic oxidation sites excluding steroid dienone is 3. The number of hydrogen-bond acceptors (Lipinski definition) is 2. The van der Waals surface area contributed by atoms with Crippen LogP contribution in [0.25, 0.3) is 0 Å². The average molecular weight is 259 g/mol. The zero-order chi connectivity index (χ0) is 13.2. The average Bonchev–Trinajstić information content (AvgIpc) is 2.39. The second-order valence-corrected chi connectivity index (χ2v) is 5.19. The molecule has 0 atom stereocenters. The molecular weight excluding hydrogens is 238 g/mol. The van der Waals surface area contributed by atoms with E-state index in [-0.39, 0.29) is 0 Å². The second-order valence-electron chi connectivity index (χ2n) is 4.02. The molecule has 0 saturated carbocycles. The number of rotatable bonds is 8. The summed E-state index contributed by atoms with van der Waals surface area (Å²) in [6, 6.07) is 8.63. The second kappa shape index (κ2) is 8.78. The van der Waals surface area contributed by atoms with Crippen LogP contribution in [-0.4, -0.2) is 12.3 Å². The third-order valence-corrected chi connectivity index (χ3v) is 3.52. The Morgan fingerprint density at radius 3 is 2.61 bits per heavy atom. The zero-order valence-corrected chi connectivity index (χ0v) is 11.8. The van der Waals surface area contributed by atoms with E-state index in [2.05, 4.69) is 49.7 Å². The van der Waals surface area contributed by atoms with Crippen LogP contribution in [0, 0.1) is 6.92 Å². The smallest absolute Gasteiger partial charge is 0.0205 e. The summed E-state index contributed by atoms with van der Waals surface area (Å²) in [4.78, 5) is 1.17. The normalized spacial score (nSPS) is 11.3. The zero-order valence-electron chi connectivity index (χ0n) is 11.0. The maximum Gasteiger partial charge on any atom is 0.0205 e. The first kappa shape index (κ1) is 14.8. The van der Waals surface area contributed by atoms with Crippen molar-refractivity contribution >= 4 is 11.8 Å². The molecule has 1 N–H and O–H groups in total. The van der Waals surface area contributed by atoms with Crippen LogP contribution in [0.2, 0.25) is 0 Å². The Bertz CT molecular complexity index is 404. The van der Waals surface area contributed by atoms with Gasteiger partial charge in [-0.1, -0.05) is 55.1 Å². The summed E-state index contributed by atoms with van der Waals surface area (Å²) < 4.78 is 0. The third kappa shape index (κ3) is 5.89. The van der Waals surface area contributed by atoms with Crippen molar-refractivity contribution in [1.82, 2.24) is 5.32 Å². The van der Waals surface area contributed by atoms with Gasteiger partial charge in [-0.3, -0.25) is 0 Å². The van der Waals surface area contributed by atoms with Crippen LogP contribution < -0.4 is 5.32 Å². The van der Waals surface area contributed by atoms with E-state index in [1.807, 2.05) is 12.2 Å². The van der Waals surface area contributed by atoms with Crippen LogP contribution in [0.15, 0.2) is 60.6 Å². The van der Waals surface area contributed by atoms with Gasteiger partial charge in [0.05, 0.1) is 0 Å². The quantitative estimate of drug-likeness (QED) is 0.558. The Hall–Kier alpha value is -1.25. The highest BCUT2D eigenvalue weighted by molar-refractivity contribution is 8.03. The highest BCUT2D eigenvalue weighted by Gasteiger charge is 1.94. The van der Waals surface area contributed by atoms with Gasteiger partial charge in [-0.15, -0.1) is 11.8 Å². The minimum absolute atomic E-state index is 0.926. The van der Waals surface area contributed by atoms with Gasteiger partial charge in [0, 0.05) is 23.7 Å². The lowest BCUT2D eigenvalue weighted by Gasteiger charge is -2.05. The van der Waals surface area contributed by atoms with Crippen molar-refractivity contribution in [1.29, 1.82) is 0 Å². The molecule has 1 aromatic carbocycles. The van der Waals surface area contributed by atoms with Gasteiger partial charge in [-0.2, -0.15) is 0 Å². The van der Waals surface area contributed by atoms with E-state index in [4.69, 9.17) is 0 Å². The van der Waals surface area contributed by atoms with E-state index in [9.17, 15) is 0 Å². The van der Waals surface area contributed by atoms with Gasteiger partial charge in [-0.05, 0) is 18.6 Å². The third-order valence-electron chi connectivity index (χ3n) is 2.48. The van der Waals surface area contributed by atoms with E-state index >= 15 is 0 Å². The van der Waals surface area contributed by atoms with Crippen LogP contribution in [0.1, 0.15) is 11.1 Å². The van der Waals surface area contributed by atoms with Gasteiger partial charge in [0.25, 0.3) is 0 Å². The van der Waals surface area contributed by atoms with Crippen molar-refractivity contribution in [2.24, 2.45) is 0 Å². The molecule has 0 fully saturated rings. The molecule has 0 aliphatic carbocycles. The van der Waals surface area contributed by atoms with E-state index in [0.29, 0.717) is 0 Å². The Kier molecular flexibility index (Phi) is 7.23. The molecule has 0 unspecified atom stereocenters. The van der Waals surface area contributed by atoms with E-state index in [0.717, 1.165) is 18.8 Å². The fraction of sp³-hybridized carbons (Fsp3) is 0.250. The molecule has 1 nitrogen and oxygen atoms in total. The molecule has 1 rings (SSSR count). The Morgan fingerprint density at radius 2 is 2.00 bits per heavy atom. The summed E-state index contributed by atoms with van der Waals surface area (Å²) in [6.07, 6.45) is 5.65. The Morgan fingerprint density at radius 1 is 1.28 bits per heavy atom. The van der Waals surface area contributed by atoms with Crippen LogP contribution in [0.5, 0.6) is 0 Å². The summed E-state index contributed by atoms with van der Waals surface area (Å²) in [5.74, 6) is 1.04. The predicted molar refractivity (Wildman–Crippen MR) is 83.8 cm³/mol. The summed E-state index contributed by atoms with van der Waals surface area (Å²) in [5.41, 5.74) is 2.63. The van der Waals surface area contributed by atoms with E-state index < -0.39 is 0 Å². The molecule has 0 amide bonds. The van der Waals surface area contributed by atoms with Gasteiger partial charge < -0.3 is 5.32 Å². The minimum Gasteiger partial charge on any atom is -0.312 e. The molecule has 18 heavy (non-hydrogen) atoms. The van der Waals surface area contributed by atoms with Crippen molar-refractivity contribution in [3.63, 3.8) is 0 Å². The lowest BCUT2D eigenvalue weighted by atomic mass is 10.1. The fourth-order valence-electron chi connectivity index (χ4n) is 1.47. The van der Waals surface area contributed by atoms with Crippen molar-refractivity contribution < 1.29 is 0 Å². The first-order chi connectivity index (χ1) is 8.76. The van der Waals surface area contributed by atoms with Crippen LogP contribution >= 0.6 is 11.8 Å². The Balaban J connectivity index is 2.19. The molecule has 1 aromatic rings. The molecule has 96 valence electrons. The van der Waals surface area contributed by atoms with Crippen molar-refractivity contribution in [3.05, 3.63) is 71.7 Å². The highest BCUT2D eigenvalue weighted by atomic mass is 32.2.